The molecule has 4 heterocycles. The van der Waals surface area contributed by atoms with Gasteiger partial charge in [-0.2, -0.15) is 31.4 Å². The van der Waals surface area contributed by atoms with Gasteiger partial charge in [0.05, 0.1) is 24.9 Å². The second-order valence-corrected chi connectivity index (χ2v) is 9.01. The standard InChI is InChI=1S/C25H22F6N4O4/c1-37-15-7-5-14(6-8-15)13-34-22-20(21(25(29,30)31)39-23(34)36)16(9-10-32-22)17-12-18(24(26,27)28)35(33-17)19-4-2-3-11-38-19/h5-10,12,19,21H,2-4,11,13H2,1H3/t19?,21-/m1/s1. The van der Waals surface area contributed by atoms with Crippen LogP contribution in [-0.4, -0.2) is 40.8 Å². The van der Waals surface area contributed by atoms with E-state index in [1.54, 1.807) is 24.3 Å². The third kappa shape index (κ3) is 5.24. The van der Waals surface area contributed by atoms with Crippen molar-refractivity contribution in [1.29, 1.82) is 0 Å². The predicted molar refractivity (Wildman–Crippen MR) is 124 cm³/mol. The van der Waals surface area contributed by atoms with Gasteiger partial charge in [-0.25, -0.2) is 14.5 Å². The molecule has 0 aliphatic carbocycles. The van der Waals surface area contributed by atoms with Gasteiger partial charge < -0.3 is 14.2 Å². The largest absolute Gasteiger partial charge is 0.497 e. The van der Waals surface area contributed by atoms with Crippen molar-refractivity contribution in [3.05, 3.63) is 59.4 Å². The lowest BCUT2D eigenvalue weighted by Gasteiger charge is -2.34. The number of halogens is 6. The van der Waals surface area contributed by atoms with Gasteiger partial charge in [-0.1, -0.05) is 12.1 Å². The van der Waals surface area contributed by atoms with Crippen LogP contribution in [0.3, 0.4) is 0 Å². The number of amides is 1. The molecule has 0 radical (unpaired) electrons. The topological polar surface area (TPSA) is 78.7 Å². The Morgan fingerprint density at radius 2 is 1.82 bits per heavy atom. The van der Waals surface area contributed by atoms with E-state index >= 15 is 0 Å². The van der Waals surface area contributed by atoms with Crippen LogP contribution in [0.5, 0.6) is 5.75 Å². The van der Waals surface area contributed by atoms with E-state index in [-0.39, 0.29) is 36.6 Å². The Labute approximate surface area is 218 Å². The highest BCUT2D eigenvalue weighted by molar-refractivity contribution is 5.91. The number of anilines is 1. The number of ether oxygens (including phenoxy) is 3. The van der Waals surface area contributed by atoms with E-state index in [2.05, 4.69) is 10.1 Å². The van der Waals surface area contributed by atoms with Gasteiger partial charge in [0.2, 0.25) is 6.10 Å². The van der Waals surface area contributed by atoms with E-state index in [1.165, 1.54) is 7.11 Å². The highest BCUT2D eigenvalue weighted by Crippen LogP contribution is 2.48. The Bertz CT molecular complexity index is 1350. The highest BCUT2D eigenvalue weighted by Gasteiger charge is 2.51. The second kappa shape index (κ2) is 10.1. The summed E-state index contributed by atoms with van der Waals surface area (Å²) in [4.78, 5) is 17.7. The van der Waals surface area contributed by atoms with E-state index in [4.69, 9.17) is 14.2 Å². The van der Waals surface area contributed by atoms with E-state index in [0.29, 0.717) is 34.9 Å². The summed E-state index contributed by atoms with van der Waals surface area (Å²) in [5.41, 5.74) is -1.93. The lowest BCUT2D eigenvalue weighted by molar-refractivity contribution is -0.207. The van der Waals surface area contributed by atoms with Crippen LogP contribution in [0.25, 0.3) is 11.3 Å². The zero-order valence-electron chi connectivity index (χ0n) is 20.4. The molecule has 0 saturated carbocycles. The fraction of sp³-hybridized carbons (Fsp3) is 0.400. The number of rotatable bonds is 5. The average Bonchev–Trinajstić information content (AvgIpc) is 3.36. The summed E-state index contributed by atoms with van der Waals surface area (Å²) >= 11 is 0. The number of hydrogen-bond acceptors (Lipinski definition) is 6. The molecule has 14 heteroatoms. The summed E-state index contributed by atoms with van der Waals surface area (Å²) in [5.74, 6) is 0.134. The van der Waals surface area contributed by atoms with Gasteiger partial charge in [0.1, 0.15) is 17.3 Å². The van der Waals surface area contributed by atoms with Gasteiger partial charge in [-0.15, -0.1) is 0 Å². The Morgan fingerprint density at radius 1 is 1.08 bits per heavy atom. The minimum absolute atomic E-state index is 0.213. The quantitative estimate of drug-likeness (QED) is 0.337. The van der Waals surface area contributed by atoms with Gasteiger partial charge in [0.15, 0.2) is 6.23 Å². The van der Waals surface area contributed by atoms with Crippen molar-refractivity contribution < 1.29 is 45.3 Å². The molecular formula is C25H22F6N4O4. The molecular weight excluding hydrogens is 534 g/mol. The van der Waals surface area contributed by atoms with Gasteiger partial charge in [0, 0.05) is 18.4 Å². The van der Waals surface area contributed by atoms with Crippen LogP contribution in [0.15, 0.2) is 42.6 Å². The molecule has 3 aromatic rings. The zero-order chi connectivity index (χ0) is 27.9. The molecule has 39 heavy (non-hydrogen) atoms. The number of carbonyl (C=O) groups excluding carboxylic acids is 1. The predicted octanol–water partition coefficient (Wildman–Crippen LogP) is 6.43. The number of alkyl halides is 6. The summed E-state index contributed by atoms with van der Waals surface area (Å²) in [6, 6.07) is 8.21. The molecule has 1 fully saturated rings. The third-order valence-corrected chi connectivity index (χ3v) is 6.45. The number of pyridine rings is 1. The Hall–Kier alpha value is -3.81. The van der Waals surface area contributed by atoms with Crippen LogP contribution in [-0.2, 0) is 22.2 Å². The number of hydrogen-bond donors (Lipinski definition) is 0. The van der Waals surface area contributed by atoms with Crippen molar-refractivity contribution >= 4 is 11.9 Å². The van der Waals surface area contributed by atoms with Gasteiger partial charge >= 0.3 is 18.4 Å². The maximum Gasteiger partial charge on any atom is 0.433 e. The molecule has 0 spiro atoms. The molecule has 1 aromatic carbocycles. The van der Waals surface area contributed by atoms with Crippen molar-refractivity contribution in [3.63, 3.8) is 0 Å². The van der Waals surface area contributed by atoms with Crippen LogP contribution in [0.1, 0.15) is 48.4 Å². The summed E-state index contributed by atoms with van der Waals surface area (Å²) in [5, 5.41) is 4.05. The number of benzene rings is 1. The molecule has 1 amide bonds. The third-order valence-electron chi connectivity index (χ3n) is 6.45. The molecule has 0 bridgehead atoms. The number of cyclic esters (lactones) is 1. The smallest absolute Gasteiger partial charge is 0.433 e. The highest BCUT2D eigenvalue weighted by atomic mass is 19.4. The minimum Gasteiger partial charge on any atom is -0.497 e. The number of fused-ring (bicyclic) bond motifs is 1. The second-order valence-electron chi connectivity index (χ2n) is 9.01. The lowest BCUT2D eigenvalue weighted by atomic mass is 9.98. The molecule has 5 rings (SSSR count). The molecule has 2 aliphatic heterocycles. The van der Waals surface area contributed by atoms with E-state index < -0.39 is 42.0 Å². The minimum atomic E-state index is -5.07. The summed E-state index contributed by atoms with van der Waals surface area (Å²) < 4.78 is 100. The first-order valence-electron chi connectivity index (χ1n) is 11.9. The Balaban J connectivity index is 1.63. The molecule has 2 atom stereocenters. The maximum atomic E-state index is 14.1. The van der Waals surface area contributed by atoms with Crippen LogP contribution >= 0.6 is 0 Å². The van der Waals surface area contributed by atoms with Gasteiger partial charge in [-0.05, 0) is 49.1 Å². The molecule has 2 aliphatic rings. The molecule has 1 unspecified atom stereocenters. The summed E-state index contributed by atoms with van der Waals surface area (Å²) in [7, 11) is 1.46. The van der Waals surface area contributed by atoms with E-state index in [0.717, 1.165) is 17.2 Å². The Kier molecular flexibility index (Phi) is 6.91. The first-order valence-corrected chi connectivity index (χ1v) is 11.9. The lowest BCUT2D eigenvalue weighted by Crippen LogP contribution is -2.42. The number of carbonyl (C=O) groups is 1. The number of aromatic nitrogens is 3. The van der Waals surface area contributed by atoms with Crippen LogP contribution in [0, 0.1) is 0 Å². The summed E-state index contributed by atoms with van der Waals surface area (Å²) in [6.45, 7) is 0.0171. The van der Waals surface area contributed by atoms with Crippen molar-refractivity contribution in [2.45, 2.75) is 50.5 Å². The van der Waals surface area contributed by atoms with E-state index in [1.807, 2.05) is 0 Å². The molecule has 1 saturated heterocycles. The fourth-order valence-electron chi connectivity index (χ4n) is 4.63. The SMILES string of the molecule is COc1ccc(CN2C(=O)O[C@@H](C(F)(F)F)c3c(-c4cc(C(F)(F)F)n(C5CCCCO5)n4)ccnc32)cc1. The normalized spacial score (nSPS) is 20.0. The molecule has 2 aromatic heterocycles. The van der Waals surface area contributed by atoms with Crippen LogP contribution < -0.4 is 9.64 Å². The number of methoxy groups -OCH3 is 1. The molecule has 208 valence electrons. The monoisotopic (exact) mass is 556 g/mol. The van der Waals surface area contributed by atoms with Gasteiger partial charge in [0.25, 0.3) is 0 Å². The van der Waals surface area contributed by atoms with Crippen LogP contribution in [0.2, 0.25) is 0 Å². The first-order chi connectivity index (χ1) is 18.5. The number of nitrogens with zero attached hydrogens (tertiary/aromatic N) is 4. The maximum absolute atomic E-state index is 14.1. The first kappa shape index (κ1) is 26.8. The zero-order valence-corrected chi connectivity index (χ0v) is 20.4. The van der Waals surface area contributed by atoms with Gasteiger partial charge in [-0.3, -0.25) is 4.90 Å². The molecule has 8 nitrogen and oxygen atoms in total. The van der Waals surface area contributed by atoms with Crippen molar-refractivity contribution in [1.82, 2.24) is 14.8 Å². The van der Waals surface area contributed by atoms with Crippen molar-refractivity contribution in [2.24, 2.45) is 0 Å². The van der Waals surface area contributed by atoms with E-state index in [9.17, 15) is 31.1 Å². The summed E-state index contributed by atoms with van der Waals surface area (Å²) in [6.07, 6.45) is -12.4. The van der Waals surface area contributed by atoms with Crippen molar-refractivity contribution in [2.75, 3.05) is 18.6 Å². The Morgan fingerprint density at radius 3 is 2.44 bits per heavy atom. The van der Waals surface area contributed by atoms with Crippen LogP contribution in [0.4, 0.5) is 37.0 Å². The average molecular weight is 556 g/mol. The molecule has 0 N–H and O–H groups in total. The fourth-order valence-corrected chi connectivity index (χ4v) is 4.63. The van der Waals surface area contributed by atoms with Crippen molar-refractivity contribution in [3.8, 4) is 17.0 Å².